The molecule has 0 rings (SSSR count). The maximum atomic E-state index is 9.39. The molecular weight excluding hydrogens is 366 g/mol. The Hall–Kier alpha value is 4.96. The monoisotopic (exact) mass is 368 g/mol. The Kier molecular flexibility index (Phi) is 170. The van der Waals surface area contributed by atoms with Crippen molar-refractivity contribution in [1.29, 1.82) is 0 Å². The maximum Gasteiger partial charge on any atom is 2.00 e. The summed E-state index contributed by atoms with van der Waals surface area (Å²) in [5, 5.41) is 0. The van der Waals surface area contributed by atoms with Crippen molar-refractivity contribution in [3.63, 3.8) is 0 Å². The second-order valence-corrected chi connectivity index (χ2v) is 2.16. The first kappa shape index (κ1) is 59.7. The molecule has 0 aromatic heterocycles. The van der Waals surface area contributed by atoms with E-state index in [-0.39, 0.29) is 173 Å². The van der Waals surface area contributed by atoms with E-state index in [9.17, 15) is 9.13 Å². The molecule has 2 N–H and O–H groups in total. The zero-order valence-corrected chi connectivity index (χ0v) is 18.1. The van der Waals surface area contributed by atoms with Gasteiger partial charge in [-0.05, 0) is 0 Å². The van der Waals surface area contributed by atoms with Gasteiger partial charge in [0, 0.05) is 9.13 Å². The van der Waals surface area contributed by atoms with E-state index in [2.05, 4.69) is 4.31 Å². The van der Waals surface area contributed by atoms with Crippen molar-refractivity contribution >= 4 is 167 Å². The minimum atomic E-state index is -2.92. The van der Waals surface area contributed by atoms with E-state index in [4.69, 9.17) is 9.79 Å². The molecule has 2 unspecified atom stereocenters. The number of rotatable bonds is 2. The smallest absolute Gasteiger partial charge is 2.00 e. The van der Waals surface area contributed by atoms with E-state index in [0.717, 1.165) is 0 Å². The van der Waals surface area contributed by atoms with Crippen LogP contribution in [0.25, 0.3) is 0 Å². The average molecular weight is 368 g/mol. The Bertz CT molecular complexity index is 96.3. The van der Waals surface area contributed by atoms with Gasteiger partial charge in [-0.1, -0.05) is 0 Å². The van der Waals surface area contributed by atoms with Gasteiger partial charge in [-0.25, -0.2) is 0 Å². The molecule has 0 saturated carbocycles. The summed E-state index contributed by atoms with van der Waals surface area (Å²) in [4.78, 5) is 15.3. The normalized spacial score (nSPS) is 6.27. The van der Waals surface area contributed by atoms with Crippen LogP contribution < -0.4 is 0 Å². The molecule has 0 aromatic carbocycles. The summed E-state index contributed by atoms with van der Waals surface area (Å²) in [5.41, 5.74) is 0. The summed E-state index contributed by atoms with van der Waals surface area (Å²) < 4.78 is 22.2. The van der Waals surface area contributed by atoms with Gasteiger partial charge in [0.25, 0.3) is 0 Å². The van der Waals surface area contributed by atoms with Crippen molar-refractivity contribution < 1.29 is 45.1 Å². The first-order chi connectivity index (χ1) is 3.13. The van der Waals surface area contributed by atoms with Crippen LogP contribution in [0.15, 0.2) is 0 Å². The van der Waals surface area contributed by atoms with Crippen molar-refractivity contribution in [2.45, 2.75) is 0 Å². The van der Waals surface area contributed by atoms with Crippen LogP contribution in [0.5, 0.6) is 0 Å². The Morgan fingerprint density at radius 3 is 0.800 bits per heavy atom. The predicted molar refractivity (Wildman–Crippen MR) is 46.5 cm³/mol. The molecule has 0 heterocycles. The molecule has 15 heavy (non-hydrogen) atoms. The zero-order valence-electron chi connectivity index (χ0n) is 7.48. The third kappa shape index (κ3) is 67.9. The molecule has 0 radical (unpaired) electrons. The summed E-state index contributed by atoms with van der Waals surface area (Å²) in [7, 11) is -5.85. The Morgan fingerprint density at radius 2 is 0.800 bits per heavy atom. The molecular formula is H2Ca4O9P2+2. The van der Waals surface area contributed by atoms with Crippen LogP contribution in [0.1, 0.15) is 0 Å². The van der Waals surface area contributed by atoms with Gasteiger partial charge in [-0.2, -0.15) is 0 Å². The van der Waals surface area contributed by atoms with Gasteiger partial charge in [-0.15, -0.1) is 9.79 Å². The largest absolute Gasteiger partial charge is 2.00 e. The van der Waals surface area contributed by atoms with Gasteiger partial charge in [0.1, 0.15) is 0 Å². The Balaban J connectivity index is -0.00000000643. The molecule has 2 atom stereocenters. The molecule has 72 valence electrons. The molecule has 0 aliphatic carbocycles. The third-order valence-electron chi connectivity index (χ3n) is 0.140. The van der Waals surface area contributed by atoms with Crippen LogP contribution in [0, 0.1) is 0 Å². The summed E-state index contributed by atoms with van der Waals surface area (Å²) in [5.74, 6) is 0. The summed E-state index contributed by atoms with van der Waals surface area (Å²) in [6.45, 7) is 0. The van der Waals surface area contributed by atoms with Crippen LogP contribution in [-0.2, 0) is 35.3 Å². The summed E-state index contributed by atoms with van der Waals surface area (Å²) in [6.07, 6.45) is 0. The third-order valence-corrected chi connectivity index (χ3v) is 1.26. The standard InChI is InChI=1S/4Ca.O5P2.4O/c;;;;1-6(2)5-7(3)4;;;;/q4*+2;;4*-2/p+2. The fraction of sp³-hybridized carbons (Fsp3) is 0. The van der Waals surface area contributed by atoms with E-state index < -0.39 is 16.5 Å². The minimum absolute atomic E-state index is 0. The summed E-state index contributed by atoms with van der Waals surface area (Å²) >= 11 is 0. The topological polar surface area (TPSA) is 198 Å². The molecule has 0 aliphatic heterocycles. The van der Waals surface area contributed by atoms with Crippen LogP contribution >= 0.6 is 16.5 Å². The molecule has 0 amide bonds. The van der Waals surface area contributed by atoms with Gasteiger partial charge in [0.15, 0.2) is 4.31 Å². The molecule has 0 saturated heterocycles. The fourth-order valence-corrected chi connectivity index (χ4v) is 0.538. The van der Waals surface area contributed by atoms with Gasteiger partial charge in [-0.3, -0.25) is 0 Å². The number of hydrogen-bond acceptors (Lipinski definition) is 3. The van der Waals surface area contributed by atoms with Crippen molar-refractivity contribution in [3.05, 3.63) is 0 Å². The van der Waals surface area contributed by atoms with E-state index in [1.807, 2.05) is 0 Å². The average Bonchev–Trinajstić information content (AvgIpc) is 1.27. The second-order valence-electron chi connectivity index (χ2n) is 0.557. The van der Waals surface area contributed by atoms with Gasteiger partial charge >= 0.3 is 167 Å². The van der Waals surface area contributed by atoms with Crippen molar-refractivity contribution in [2.24, 2.45) is 0 Å². The quantitative estimate of drug-likeness (QED) is 0.432. The molecule has 15 heteroatoms. The van der Waals surface area contributed by atoms with Gasteiger partial charge in [0.2, 0.25) is 0 Å². The van der Waals surface area contributed by atoms with Crippen molar-refractivity contribution in [3.8, 4) is 0 Å². The van der Waals surface area contributed by atoms with Crippen LogP contribution in [0.4, 0.5) is 0 Å². The van der Waals surface area contributed by atoms with E-state index >= 15 is 0 Å². The Morgan fingerprint density at radius 1 is 0.667 bits per heavy atom. The van der Waals surface area contributed by atoms with Crippen LogP contribution in [0.2, 0.25) is 0 Å². The Labute approximate surface area is 207 Å². The maximum absolute atomic E-state index is 9.39. The van der Waals surface area contributed by atoms with Crippen LogP contribution in [0.3, 0.4) is 0 Å². The molecule has 0 aliphatic rings. The molecule has 0 fully saturated rings. The summed E-state index contributed by atoms with van der Waals surface area (Å²) in [6, 6.07) is 0. The molecule has 9 nitrogen and oxygen atoms in total. The minimum Gasteiger partial charge on any atom is -2.00 e. The van der Waals surface area contributed by atoms with Gasteiger partial charge < -0.3 is 21.9 Å². The first-order valence-electron chi connectivity index (χ1n) is 1.13. The van der Waals surface area contributed by atoms with E-state index in [1.165, 1.54) is 0 Å². The molecule has 0 spiro atoms. The van der Waals surface area contributed by atoms with E-state index in [0.29, 0.717) is 0 Å². The van der Waals surface area contributed by atoms with Gasteiger partial charge in [0.05, 0.1) is 0 Å². The predicted octanol–water partition coefficient (Wildman–Crippen LogP) is -1.70. The van der Waals surface area contributed by atoms with Crippen LogP contribution in [-0.4, -0.2) is 161 Å². The first-order valence-corrected chi connectivity index (χ1v) is 3.39. The van der Waals surface area contributed by atoms with Crippen molar-refractivity contribution in [1.82, 2.24) is 0 Å². The second kappa shape index (κ2) is 42.8. The SMILES string of the molecule is O=[P+](O)O[P+](=O)O.[Ca+2].[Ca+2].[Ca+2].[Ca+2].[O-2].[O-2].[O-2].[O-2]. The van der Waals surface area contributed by atoms with E-state index in [1.54, 1.807) is 0 Å². The molecule has 0 bridgehead atoms. The van der Waals surface area contributed by atoms with Crippen molar-refractivity contribution in [2.75, 3.05) is 0 Å². The zero-order chi connectivity index (χ0) is 5.86. The fourth-order valence-electron chi connectivity index (χ4n) is 0.0598. The number of hydrogen-bond donors (Lipinski definition) is 2. The molecule has 0 aromatic rings.